The second-order valence-corrected chi connectivity index (χ2v) is 8.91. The lowest BCUT2D eigenvalue weighted by atomic mass is 10.1. The third kappa shape index (κ3) is 5.00. The van der Waals surface area contributed by atoms with Gasteiger partial charge in [-0.2, -0.15) is 5.26 Å². The number of carbonyl (C=O) groups is 2. The Morgan fingerprint density at radius 1 is 1.18 bits per heavy atom. The van der Waals surface area contributed by atoms with Crippen LogP contribution in [-0.2, 0) is 22.6 Å². The number of thioether (sulfide) groups is 1. The second kappa shape index (κ2) is 10.3. The molecule has 0 aliphatic carbocycles. The molecule has 1 aliphatic rings. The van der Waals surface area contributed by atoms with Crippen LogP contribution in [0.1, 0.15) is 16.9 Å². The maximum absolute atomic E-state index is 13.5. The van der Waals surface area contributed by atoms with Crippen LogP contribution in [0, 0.1) is 18.3 Å². The number of nitrogens with zero attached hydrogens (tertiary/aromatic N) is 2. The van der Waals surface area contributed by atoms with Crippen molar-refractivity contribution in [1.29, 1.82) is 5.26 Å². The number of nitriles is 1. The van der Waals surface area contributed by atoms with Crippen LogP contribution in [0.5, 0.6) is 5.75 Å². The molecule has 4 rings (SSSR count). The van der Waals surface area contributed by atoms with Crippen molar-refractivity contribution < 1.29 is 18.7 Å². The zero-order valence-corrected chi connectivity index (χ0v) is 19.6. The molecular formula is C26H23N3O4S. The van der Waals surface area contributed by atoms with Crippen molar-refractivity contribution in [2.24, 2.45) is 0 Å². The Morgan fingerprint density at radius 3 is 2.53 bits per heavy atom. The van der Waals surface area contributed by atoms with Crippen molar-refractivity contribution in [1.82, 2.24) is 5.32 Å². The van der Waals surface area contributed by atoms with Gasteiger partial charge >= 0.3 is 0 Å². The predicted octanol–water partition coefficient (Wildman–Crippen LogP) is 4.34. The summed E-state index contributed by atoms with van der Waals surface area (Å²) in [6.45, 7) is 2.10. The largest absolute Gasteiger partial charge is 0.497 e. The van der Waals surface area contributed by atoms with Gasteiger partial charge in [0.25, 0.3) is 5.91 Å². The third-order valence-electron chi connectivity index (χ3n) is 5.38. The van der Waals surface area contributed by atoms with Gasteiger partial charge in [-0.3, -0.25) is 14.5 Å². The lowest BCUT2D eigenvalue weighted by Gasteiger charge is -2.19. The monoisotopic (exact) mass is 473 g/mol. The molecule has 1 saturated heterocycles. The van der Waals surface area contributed by atoms with Gasteiger partial charge in [-0.05, 0) is 55.3 Å². The maximum Gasteiger partial charge on any atom is 0.265 e. The van der Waals surface area contributed by atoms with Gasteiger partial charge in [-0.15, -0.1) is 0 Å². The van der Waals surface area contributed by atoms with E-state index in [0.717, 1.165) is 16.9 Å². The Labute approximate surface area is 202 Å². The Kier molecular flexibility index (Phi) is 7.04. The van der Waals surface area contributed by atoms with E-state index >= 15 is 0 Å². The molecule has 1 fully saturated rings. The fraction of sp³-hybridized carbons (Fsp3) is 0.192. The number of amides is 2. The van der Waals surface area contributed by atoms with Gasteiger partial charge in [0.1, 0.15) is 28.2 Å². The Bertz CT molecular complexity index is 1240. The molecule has 0 saturated carbocycles. The van der Waals surface area contributed by atoms with Crippen molar-refractivity contribution in [3.8, 4) is 11.8 Å². The van der Waals surface area contributed by atoms with Crippen LogP contribution >= 0.6 is 11.8 Å². The number of hydrogen-bond acceptors (Lipinski definition) is 6. The zero-order chi connectivity index (χ0) is 24.1. The van der Waals surface area contributed by atoms with Crippen molar-refractivity contribution in [3.05, 3.63) is 94.4 Å². The number of ether oxygens (including phenoxy) is 1. The molecule has 0 unspecified atom stereocenters. The topological polar surface area (TPSA) is 95.6 Å². The average Bonchev–Trinajstić information content (AvgIpc) is 3.48. The van der Waals surface area contributed by atoms with Gasteiger partial charge < -0.3 is 14.5 Å². The van der Waals surface area contributed by atoms with Crippen LogP contribution in [0.25, 0.3) is 0 Å². The van der Waals surface area contributed by atoms with E-state index in [1.165, 1.54) is 22.9 Å². The van der Waals surface area contributed by atoms with Crippen LogP contribution in [0.3, 0.4) is 0 Å². The Morgan fingerprint density at radius 2 is 1.91 bits per heavy atom. The van der Waals surface area contributed by atoms with E-state index < -0.39 is 11.2 Å². The van der Waals surface area contributed by atoms with Crippen LogP contribution in [0.15, 0.2) is 81.9 Å². The minimum Gasteiger partial charge on any atom is -0.497 e. The number of furan rings is 1. The van der Waals surface area contributed by atoms with Gasteiger partial charge in [0.2, 0.25) is 5.91 Å². The predicted molar refractivity (Wildman–Crippen MR) is 130 cm³/mol. The van der Waals surface area contributed by atoms with Crippen LogP contribution < -0.4 is 15.0 Å². The summed E-state index contributed by atoms with van der Waals surface area (Å²) in [6, 6.07) is 20.4. The first-order valence-corrected chi connectivity index (χ1v) is 11.5. The van der Waals surface area contributed by atoms with Crippen LogP contribution in [-0.4, -0.2) is 24.2 Å². The number of aryl methyl sites for hydroxylation is 1. The zero-order valence-electron chi connectivity index (χ0n) is 18.8. The van der Waals surface area contributed by atoms with Gasteiger partial charge in [0, 0.05) is 5.69 Å². The van der Waals surface area contributed by atoms with Gasteiger partial charge in [0.15, 0.2) is 0 Å². The van der Waals surface area contributed by atoms with Crippen LogP contribution in [0.4, 0.5) is 5.69 Å². The number of hydrogen-bond donors (Lipinski definition) is 1. The van der Waals surface area contributed by atoms with E-state index in [4.69, 9.17) is 9.15 Å². The van der Waals surface area contributed by atoms with Crippen molar-refractivity contribution in [3.63, 3.8) is 0 Å². The first kappa shape index (κ1) is 23.2. The summed E-state index contributed by atoms with van der Waals surface area (Å²) >= 11 is 1.23. The quantitative estimate of drug-likeness (QED) is 0.405. The molecule has 2 aromatic carbocycles. The number of rotatable bonds is 7. The summed E-state index contributed by atoms with van der Waals surface area (Å²) in [5.74, 6) is 0.567. The van der Waals surface area contributed by atoms with Gasteiger partial charge in [-0.1, -0.05) is 41.6 Å². The highest BCUT2D eigenvalue weighted by Crippen LogP contribution is 2.42. The highest BCUT2D eigenvalue weighted by Gasteiger charge is 2.40. The molecule has 1 aromatic heterocycles. The number of methoxy groups -OCH3 is 1. The molecule has 34 heavy (non-hydrogen) atoms. The number of nitrogens with one attached hydrogen (secondary N) is 1. The van der Waals surface area contributed by atoms with Crippen molar-refractivity contribution >= 4 is 29.3 Å². The number of carbonyl (C=O) groups excluding carboxylic acids is 2. The van der Waals surface area contributed by atoms with E-state index in [-0.39, 0.29) is 18.0 Å². The highest BCUT2D eigenvalue weighted by atomic mass is 32.2. The van der Waals surface area contributed by atoms with E-state index in [1.54, 1.807) is 19.2 Å². The molecule has 7 nitrogen and oxygen atoms in total. The molecular weight excluding hydrogens is 450 g/mol. The lowest BCUT2D eigenvalue weighted by molar-refractivity contribution is -0.117. The average molecular weight is 474 g/mol. The van der Waals surface area contributed by atoms with Crippen molar-refractivity contribution in [2.45, 2.75) is 25.1 Å². The molecule has 0 bridgehead atoms. The summed E-state index contributed by atoms with van der Waals surface area (Å²) in [4.78, 5) is 27.9. The summed E-state index contributed by atoms with van der Waals surface area (Å²) in [7, 11) is 1.60. The molecule has 3 aromatic rings. The van der Waals surface area contributed by atoms with Crippen molar-refractivity contribution in [2.75, 3.05) is 12.0 Å². The molecule has 8 heteroatoms. The van der Waals surface area contributed by atoms with E-state index in [2.05, 4.69) is 5.32 Å². The fourth-order valence-electron chi connectivity index (χ4n) is 3.56. The standard InChI is InChI=1S/C26H23N3O4S/c1-17-5-9-19(10-6-17)29-25(31)23(14-18-7-11-20(32-2)12-8-18)34-26(29)22(15-27)24(30)28-16-21-4-3-13-33-21/h3-13,23H,14,16H2,1-2H3,(H,28,30)/b26-22+/t23-/m0/s1. The van der Waals surface area contributed by atoms with Crippen LogP contribution in [0.2, 0.25) is 0 Å². The van der Waals surface area contributed by atoms with Gasteiger partial charge in [0.05, 0.1) is 25.2 Å². The second-order valence-electron chi connectivity index (χ2n) is 7.72. The third-order valence-corrected chi connectivity index (χ3v) is 6.64. The highest BCUT2D eigenvalue weighted by molar-refractivity contribution is 8.05. The normalized spacial score (nSPS) is 16.8. The van der Waals surface area contributed by atoms with Gasteiger partial charge in [-0.25, -0.2) is 0 Å². The molecule has 172 valence electrons. The number of benzene rings is 2. The van der Waals surface area contributed by atoms with E-state index in [0.29, 0.717) is 22.9 Å². The SMILES string of the molecule is COc1ccc(C[C@@H]2S/C(=C(\C#N)C(=O)NCc3ccco3)N(c3ccc(C)cc3)C2=O)cc1. The molecule has 2 amide bonds. The van der Waals surface area contributed by atoms with E-state index in [1.807, 2.05) is 61.5 Å². The molecule has 2 heterocycles. The maximum atomic E-state index is 13.5. The first-order chi connectivity index (χ1) is 16.5. The Balaban J connectivity index is 1.66. The molecule has 0 spiro atoms. The summed E-state index contributed by atoms with van der Waals surface area (Å²) < 4.78 is 10.5. The first-order valence-electron chi connectivity index (χ1n) is 10.7. The minimum atomic E-state index is -0.559. The fourth-order valence-corrected chi connectivity index (χ4v) is 4.87. The van der Waals surface area contributed by atoms with E-state index in [9.17, 15) is 14.9 Å². The summed E-state index contributed by atoms with van der Waals surface area (Å²) in [6.07, 6.45) is 1.96. The smallest absolute Gasteiger partial charge is 0.265 e. The molecule has 1 atom stereocenters. The summed E-state index contributed by atoms with van der Waals surface area (Å²) in [5, 5.41) is 12.4. The molecule has 1 N–H and O–H groups in total. The minimum absolute atomic E-state index is 0.109. The summed E-state index contributed by atoms with van der Waals surface area (Å²) in [5.41, 5.74) is 2.50. The lowest BCUT2D eigenvalue weighted by Crippen LogP contribution is -2.32. The Hall–Kier alpha value is -3.96. The molecule has 0 radical (unpaired) electrons. The molecule has 1 aliphatic heterocycles. The number of anilines is 1.